The van der Waals surface area contributed by atoms with E-state index in [0.29, 0.717) is 6.04 Å². The average Bonchev–Trinajstić information content (AvgIpc) is 2.88. The van der Waals surface area contributed by atoms with E-state index in [2.05, 4.69) is 60.9 Å². The normalized spacial score (nSPS) is 12.6. The highest BCUT2D eigenvalue weighted by atomic mass is 32.2. The molecule has 96 valence electrons. The van der Waals surface area contributed by atoms with Gasteiger partial charge in [0.1, 0.15) is 0 Å². The molecule has 0 bridgehead atoms. The lowest BCUT2D eigenvalue weighted by Crippen LogP contribution is -2.20. The third-order valence-electron chi connectivity index (χ3n) is 2.78. The summed E-state index contributed by atoms with van der Waals surface area (Å²) in [5.41, 5.74) is 1.33. The summed E-state index contributed by atoms with van der Waals surface area (Å²) in [5.74, 6) is 1.11. The molecule has 1 heterocycles. The summed E-state index contributed by atoms with van der Waals surface area (Å²) in [7, 11) is 0. The molecule has 0 amide bonds. The zero-order valence-corrected chi connectivity index (χ0v) is 12.5. The summed E-state index contributed by atoms with van der Waals surface area (Å²) in [6, 6.07) is 13.5. The van der Waals surface area contributed by atoms with Crippen molar-refractivity contribution in [3.8, 4) is 0 Å². The van der Waals surface area contributed by atoms with Crippen LogP contribution < -0.4 is 5.32 Å². The molecule has 1 N–H and O–H groups in total. The largest absolute Gasteiger partial charge is 0.309 e. The van der Waals surface area contributed by atoms with Gasteiger partial charge in [0.2, 0.25) is 0 Å². The summed E-state index contributed by atoms with van der Waals surface area (Å²) < 4.78 is 0. The maximum absolute atomic E-state index is 3.56. The van der Waals surface area contributed by atoms with Crippen molar-refractivity contribution in [2.24, 2.45) is 0 Å². The van der Waals surface area contributed by atoms with Gasteiger partial charge in [0.25, 0.3) is 0 Å². The zero-order chi connectivity index (χ0) is 12.8. The number of nitrogens with one attached hydrogen (secondary N) is 1. The van der Waals surface area contributed by atoms with E-state index >= 15 is 0 Å². The number of rotatable bonds is 6. The van der Waals surface area contributed by atoms with E-state index in [4.69, 9.17) is 0 Å². The monoisotopic (exact) mass is 277 g/mol. The van der Waals surface area contributed by atoms with Crippen molar-refractivity contribution >= 4 is 23.1 Å². The molecule has 1 aromatic carbocycles. The fourth-order valence-corrected chi connectivity index (χ4v) is 3.45. The standard InChI is InChI=1S/C15H19NS2/c1-12-5-3-6-14(11-12)17-10-8-16-13(2)15-7-4-9-18-15/h3-7,9,11,13,16H,8,10H2,1-2H3. The Bertz CT molecular complexity index is 465. The molecule has 0 radical (unpaired) electrons. The summed E-state index contributed by atoms with van der Waals surface area (Å²) >= 11 is 3.73. The Morgan fingerprint density at radius 2 is 2.17 bits per heavy atom. The summed E-state index contributed by atoms with van der Waals surface area (Å²) in [6.45, 7) is 5.40. The van der Waals surface area contributed by atoms with Crippen LogP contribution in [-0.2, 0) is 0 Å². The first-order chi connectivity index (χ1) is 8.75. The van der Waals surface area contributed by atoms with Crippen molar-refractivity contribution in [3.63, 3.8) is 0 Å². The second-order valence-electron chi connectivity index (χ2n) is 4.36. The first kappa shape index (κ1) is 13.7. The average molecular weight is 277 g/mol. The number of hydrogen-bond donors (Lipinski definition) is 1. The molecule has 1 nitrogen and oxygen atoms in total. The van der Waals surface area contributed by atoms with Gasteiger partial charge >= 0.3 is 0 Å². The van der Waals surface area contributed by atoms with Gasteiger partial charge in [-0.15, -0.1) is 23.1 Å². The molecule has 1 atom stereocenters. The van der Waals surface area contributed by atoms with Crippen molar-refractivity contribution in [2.75, 3.05) is 12.3 Å². The number of benzene rings is 1. The molecule has 0 fully saturated rings. The molecular weight excluding hydrogens is 258 g/mol. The summed E-state index contributed by atoms with van der Waals surface area (Å²) in [4.78, 5) is 2.77. The number of thiophene rings is 1. The van der Waals surface area contributed by atoms with Crippen LogP contribution in [0.4, 0.5) is 0 Å². The fourth-order valence-electron chi connectivity index (χ4n) is 1.79. The van der Waals surface area contributed by atoms with E-state index in [0.717, 1.165) is 12.3 Å². The Kier molecular flexibility index (Phi) is 5.29. The van der Waals surface area contributed by atoms with Crippen molar-refractivity contribution in [2.45, 2.75) is 24.8 Å². The topological polar surface area (TPSA) is 12.0 Å². The number of aryl methyl sites for hydroxylation is 1. The van der Waals surface area contributed by atoms with E-state index in [1.54, 1.807) is 0 Å². The lowest BCUT2D eigenvalue weighted by Gasteiger charge is -2.11. The molecule has 0 saturated heterocycles. The predicted octanol–water partition coefficient (Wildman–Crippen LogP) is 4.50. The maximum atomic E-state index is 3.56. The van der Waals surface area contributed by atoms with Crippen LogP contribution in [0.2, 0.25) is 0 Å². The van der Waals surface area contributed by atoms with Crippen LogP contribution in [0.5, 0.6) is 0 Å². The van der Waals surface area contributed by atoms with E-state index in [-0.39, 0.29) is 0 Å². The molecule has 1 aromatic heterocycles. The number of hydrogen-bond acceptors (Lipinski definition) is 3. The van der Waals surface area contributed by atoms with Gasteiger partial charge in [-0.05, 0) is 37.4 Å². The molecule has 0 spiro atoms. The highest BCUT2D eigenvalue weighted by molar-refractivity contribution is 7.99. The lowest BCUT2D eigenvalue weighted by atomic mass is 10.2. The molecule has 2 rings (SSSR count). The molecule has 0 aliphatic heterocycles. The molecule has 0 aliphatic carbocycles. The second kappa shape index (κ2) is 6.98. The van der Waals surface area contributed by atoms with Gasteiger partial charge in [-0.3, -0.25) is 0 Å². The van der Waals surface area contributed by atoms with Gasteiger partial charge in [0.15, 0.2) is 0 Å². The van der Waals surface area contributed by atoms with Gasteiger partial charge in [-0.25, -0.2) is 0 Å². The van der Waals surface area contributed by atoms with Crippen LogP contribution in [0.15, 0.2) is 46.7 Å². The van der Waals surface area contributed by atoms with Gasteiger partial charge in [0.05, 0.1) is 0 Å². The van der Waals surface area contributed by atoms with E-state index in [1.807, 2.05) is 23.1 Å². The SMILES string of the molecule is Cc1cccc(SCCNC(C)c2cccs2)c1. The Balaban J connectivity index is 1.70. The first-order valence-electron chi connectivity index (χ1n) is 6.22. The summed E-state index contributed by atoms with van der Waals surface area (Å²) in [6.07, 6.45) is 0. The van der Waals surface area contributed by atoms with E-state index in [9.17, 15) is 0 Å². The van der Waals surface area contributed by atoms with Crippen molar-refractivity contribution in [3.05, 3.63) is 52.2 Å². The van der Waals surface area contributed by atoms with Gasteiger partial charge in [-0.1, -0.05) is 23.8 Å². The predicted molar refractivity (Wildman–Crippen MR) is 82.6 cm³/mol. The summed E-state index contributed by atoms with van der Waals surface area (Å²) in [5, 5.41) is 5.69. The highest BCUT2D eigenvalue weighted by Crippen LogP contribution is 2.20. The Hall–Kier alpha value is -0.770. The Morgan fingerprint density at radius 1 is 1.28 bits per heavy atom. The van der Waals surface area contributed by atoms with E-state index < -0.39 is 0 Å². The minimum absolute atomic E-state index is 0.461. The van der Waals surface area contributed by atoms with Gasteiger partial charge in [-0.2, -0.15) is 0 Å². The second-order valence-corrected chi connectivity index (χ2v) is 6.50. The number of thioether (sulfide) groups is 1. The quantitative estimate of drug-likeness (QED) is 0.616. The molecule has 1 unspecified atom stereocenters. The molecule has 0 aliphatic rings. The van der Waals surface area contributed by atoms with Crippen molar-refractivity contribution in [1.29, 1.82) is 0 Å². The molecule has 3 heteroatoms. The third kappa shape index (κ3) is 4.16. The molecule has 18 heavy (non-hydrogen) atoms. The fraction of sp³-hybridized carbons (Fsp3) is 0.333. The highest BCUT2D eigenvalue weighted by Gasteiger charge is 2.04. The molecule has 0 saturated carbocycles. The van der Waals surface area contributed by atoms with Crippen LogP contribution in [0.3, 0.4) is 0 Å². The van der Waals surface area contributed by atoms with Crippen LogP contribution in [-0.4, -0.2) is 12.3 Å². The minimum Gasteiger partial charge on any atom is -0.309 e. The van der Waals surface area contributed by atoms with Crippen LogP contribution >= 0.6 is 23.1 Å². The van der Waals surface area contributed by atoms with Crippen LogP contribution in [0.25, 0.3) is 0 Å². The van der Waals surface area contributed by atoms with Crippen LogP contribution in [0, 0.1) is 6.92 Å². The third-order valence-corrected chi connectivity index (χ3v) is 4.83. The minimum atomic E-state index is 0.461. The maximum Gasteiger partial charge on any atom is 0.0386 e. The van der Waals surface area contributed by atoms with Crippen molar-refractivity contribution in [1.82, 2.24) is 5.32 Å². The van der Waals surface area contributed by atoms with Crippen LogP contribution in [0.1, 0.15) is 23.4 Å². The smallest absolute Gasteiger partial charge is 0.0386 e. The Labute approximate surface area is 118 Å². The molecule has 2 aromatic rings. The first-order valence-corrected chi connectivity index (χ1v) is 8.08. The van der Waals surface area contributed by atoms with Gasteiger partial charge < -0.3 is 5.32 Å². The van der Waals surface area contributed by atoms with Crippen molar-refractivity contribution < 1.29 is 0 Å². The molecular formula is C15H19NS2. The zero-order valence-electron chi connectivity index (χ0n) is 10.8. The van der Waals surface area contributed by atoms with Gasteiger partial charge in [0, 0.05) is 28.1 Å². The van der Waals surface area contributed by atoms with E-state index in [1.165, 1.54) is 15.3 Å². The Morgan fingerprint density at radius 3 is 2.89 bits per heavy atom. The lowest BCUT2D eigenvalue weighted by molar-refractivity contribution is 0.610.